The van der Waals surface area contributed by atoms with E-state index in [1.807, 2.05) is 0 Å². The largest absolute Gasteiger partial charge is 0.383 e. The predicted molar refractivity (Wildman–Crippen MR) is 59.3 cm³/mol. The van der Waals surface area contributed by atoms with Crippen LogP contribution in [0.15, 0.2) is 0 Å². The highest BCUT2D eigenvalue weighted by molar-refractivity contribution is 7.89. The fraction of sp³-hybridized carbons (Fsp3) is 1.00. The molecule has 1 unspecified atom stereocenters. The van der Waals surface area contributed by atoms with E-state index in [0.29, 0.717) is 13.2 Å². The highest BCUT2D eigenvalue weighted by Crippen LogP contribution is 2.11. The Bertz CT molecular complexity index is 261. The highest BCUT2D eigenvalue weighted by atomic mass is 32.2. The molecule has 1 aliphatic rings. The van der Waals surface area contributed by atoms with Crippen LogP contribution in [0.2, 0.25) is 0 Å². The van der Waals surface area contributed by atoms with Crippen molar-refractivity contribution in [1.82, 2.24) is 10.0 Å². The van der Waals surface area contributed by atoms with Crippen LogP contribution >= 0.6 is 0 Å². The number of piperidine rings is 1. The lowest BCUT2D eigenvalue weighted by Crippen LogP contribution is -2.38. The number of hydrogen-bond acceptors (Lipinski definition) is 4. The van der Waals surface area contributed by atoms with Crippen LogP contribution in [-0.2, 0) is 14.8 Å². The Labute approximate surface area is 91.6 Å². The maximum Gasteiger partial charge on any atom is 0.211 e. The number of sulfonamides is 1. The van der Waals surface area contributed by atoms with Crippen molar-refractivity contribution in [2.45, 2.75) is 12.8 Å². The average Bonchev–Trinajstić information content (AvgIpc) is 2.18. The van der Waals surface area contributed by atoms with Crippen LogP contribution in [0.1, 0.15) is 12.8 Å². The molecule has 0 radical (unpaired) electrons. The molecule has 0 amide bonds. The van der Waals surface area contributed by atoms with Crippen molar-refractivity contribution in [2.24, 2.45) is 5.92 Å². The van der Waals surface area contributed by atoms with Gasteiger partial charge in [-0.1, -0.05) is 0 Å². The first-order chi connectivity index (χ1) is 7.14. The smallest absolute Gasteiger partial charge is 0.211 e. The van der Waals surface area contributed by atoms with E-state index >= 15 is 0 Å². The van der Waals surface area contributed by atoms with E-state index in [1.165, 1.54) is 0 Å². The molecule has 0 aliphatic carbocycles. The van der Waals surface area contributed by atoms with E-state index < -0.39 is 10.0 Å². The summed E-state index contributed by atoms with van der Waals surface area (Å²) in [6.45, 7) is 2.60. The van der Waals surface area contributed by atoms with Gasteiger partial charge < -0.3 is 10.1 Å². The van der Waals surface area contributed by atoms with Crippen LogP contribution < -0.4 is 10.0 Å². The van der Waals surface area contributed by atoms with E-state index in [4.69, 9.17) is 4.74 Å². The van der Waals surface area contributed by atoms with Crippen molar-refractivity contribution >= 4 is 10.0 Å². The maximum absolute atomic E-state index is 11.6. The lowest BCUT2D eigenvalue weighted by Gasteiger charge is -2.22. The second-order valence-electron chi connectivity index (χ2n) is 3.88. The molecule has 15 heavy (non-hydrogen) atoms. The molecule has 0 spiro atoms. The van der Waals surface area contributed by atoms with Crippen molar-refractivity contribution in [3.8, 4) is 0 Å². The first-order valence-corrected chi connectivity index (χ1v) is 6.96. The van der Waals surface area contributed by atoms with E-state index in [2.05, 4.69) is 10.0 Å². The second kappa shape index (κ2) is 6.42. The molecule has 90 valence electrons. The predicted octanol–water partition coefficient (Wildman–Crippen LogP) is -0.448. The quantitative estimate of drug-likeness (QED) is 0.613. The SMILES string of the molecule is COCCNS(=O)(=O)CC1CCCNC1. The van der Waals surface area contributed by atoms with Crippen molar-refractivity contribution in [3.63, 3.8) is 0 Å². The monoisotopic (exact) mass is 236 g/mol. The minimum atomic E-state index is -3.12. The maximum atomic E-state index is 11.6. The topological polar surface area (TPSA) is 67.4 Å². The van der Waals surface area contributed by atoms with Gasteiger partial charge in [-0.05, 0) is 31.8 Å². The molecule has 1 aliphatic heterocycles. The van der Waals surface area contributed by atoms with Gasteiger partial charge in [0, 0.05) is 13.7 Å². The molecule has 1 atom stereocenters. The number of methoxy groups -OCH3 is 1. The molecule has 2 N–H and O–H groups in total. The van der Waals surface area contributed by atoms with Crippen LogP contribution in [0.5, 0.6) is 0 Å². The van der Waals surface area contributed by atoms with Gasteiger partial charge in [-0.3, -0.25) is 0 Å². The van der Waals surface area contributed by atoms with Gasteiger partial charge in [-0.15, -0.1) is 0 Å². The molecular formula is C9H20N2O3S. The van der Waals surface area contributed by atoms with Crippen molar-refractivity contribution in [1.29, 1.82) is 0 Å². The van der Waals surface area contributed by atoms with Gasteiger partial charge in [0.25, 0.3) is 0 Å². The molecule has 1 heterocycles. The van der Waals surface area contributed by atoms with Gasteiger partial charge in [0.05, 0.1) is 12.4 Å². The lowest BCUT2D eigenvalue weighted by atomic mass is 10.0. The van der Waals surface area contributed by atoms with Gasteiger partial charge >= 0.3 is 0 Å². The molecular weight excluding hydrogens is 216 g/mol. The summed E-state index contributed by atoms with van der Waals surface area (Å²) in [4.78, 5) is 0. The molecule has 5 nitrogen and oxygen atoms in total. The van der Waals surface area contributed by atoms with Crippen molar-refractivity contribution in [3.05, 3.63) is 0 Å². The van der Waals surface area contributed by atoms with E-state index in [1.54, 1.807) is 7.11 Å². The summed E-state index contributed by atoms with van der Waals surface area (Å²) < 4.78 is 30.5. The molecule has 1 rings (SSSR count). The zero-order chi connectivity index (χ0) is 11.1. The fourth-order valence-corrected chi connectivity index (χ4v) is 3.15. The zero-order valence-electron chi connectivity index (χ0n) is 9.16. The van der Waals surface area contributed by atoms with Gasteiger partial charge in [0.15, 0.2) is 0 Å². The van der Waals surface area contributed by atoms with E-state index in [9.17, 15) is 8.42 Å². The van der Waals surface area contributed by atoms with E-state index in [0.717, 1.165) is 25.9 Å². The van der Waals surface area contributed by atoms with Crippen LogP contribution in [0.25, 0.3) is 0 Å². The summed E-state index contributed by atoms with van der Waals surface area (Å²) in [6.07, 6.45) is 2.07. The highest BCUT2D eigenvalue weighted by Gasteiger charge is 2.20. The lowest BCUT2D eigenvalue weighted by molar-refractivity contribution is 0.204. The average molecular weight is 236 g/mol. The van der Waals surface area contributed by atoms with E-state index in [-0.39, 0.29) is 11.7 Å². The normalized spacial score (nSPS) is 22.9. The minimum Gasteiger partial charge on any atom is -0.383 e. The Morgan fingerprint density at radius 3 is 2.93 bits per heavy atom. The first kappa shape index (κ1) is 12.9. The van der Waals surface area contributed by atoms with Crippen LogP contribution in [-0.4, -0.2) is 47.5 Å². The Morgan fingerprint density at radius 2 is 2.33 bits per heavy atom. The Balaban J connectivity index is 2.27. The molecule has 0 bridgehead atoms. The van der Waals surface area contributed by atoms with Gasteiger partial charge in [0.2, 0.25) is 10.0 Å². The van der Waals surface area contributed by atoms with Gasteiger partial charge in [-0.25, -0.2) is 13.1 Å². The molecule has 1 saturated heterocycles. The molecule has 1 fully saturated rings. The molecule has 0 aromatic rings. The van der Waals surface area contributed by atoms with Crippen LogP contribution in [0, 0.1) is 5.92 Å². The Hall–Kier alpha value is -0.170. The van der Waals surface area contributed by atoms with Crippen LogP contribution in [0.3, 0.4) is 0 Å². The van der Waals surface area contributed by atoms with Crippen molar-refractivity contribution < 1.29 is 13.2 Å². The number of hydrogen-bond donors (Lipinski definition) is 2. The Morgan fingerprint density at radius 1 is 1.53 bits per heavy atom. The molecule has 0 aromatic carbocycles. The summed E-state index contributed by atoms with van der Waals surface area (Å²) in [5, 5.41) is 3.21. The molecule has 6 heteroatoms. The first-order valence-electron chi connectivity index (χ1n) is 5.31. The molecule has 0 aromatic heterocycles. The third-order valence-corrected chi connectivity index (χ3v) is 4.04. The van der Waals surface area contributed by atoms with Gasteiger partial charge in [-0.2, -0.15) is 0 Å². The third kappa shape index (κ3) is 5.46. The number of ether oxygens (including phenoxy) is 1. The van der Waals surface area contributed by atoms with Crippen molar-refractivity contribution in [2.75, 3.05) is 39.1 Å². The summed E-state index contributed by atoms with van der Waals surface area (Å²) >= 11 is 0. The fourth-order valence-electron chi connectivity index (χ4n) is 1.73. The Kier molecular flexibility index (Phi) is 5.52. The van der Waals surface area contributed by atoms with Gasteiger partial charge in [0.1, 0.15) is 0 Å². The summed E-state index contributed by atoms with van der Waals surface area (Å²) in [7, 11) is -1.57. The second-order valence-corrected chi connectivity index (χ2v) is 5.73. The zero-order valence-corrected chi connectivity index (χ0v) is 9.98. The third-order valence-electron chi connectivity index (χ3n) is 2.48. The number of rotatable bonds is 6. The standard InChI is InChI=1S/C9H20N2O3S/c1-14-6-5-11-15(12,13)8-9-3-2-4-10-7-9/h9-11H,2-8H2,1H3. The summed E-state index contributed by atoms with van der Waals surface area (Å²) in [5.74, 6) is 0.475. The minimum absolute atomic E-state index is 0.226. The summed E-state index contributed by atoms with van der Waals surface area (Å²) in [6, 6.07) is 0. The molecule has 0 saturated carbocycles. The number of nitrogens with one attached hydrogen (secondary N) is 2. The summed E-state index contributed by atoms with van der Waals surface area (Å²) in [5.41, 5.74) is 0. The van der Waals surface area contributed by atoms with Crippen LogP contribution in [0.4, 0.5) is 0 Å².